The van der Waals surface area contributed by atoms with E-state index in [9.17, 15) is 4.79 Å². The largest absolute Gasteiger partial charge is 0.461 e. The average Bonchev–Trinajstić information content (AvgIpc) is 3.02. The van der Waals surface area contributed by atoms with Crippen LogP contribution in [0.4, 0.5) is 0 Å². The van der Waals surface area contributed by atoms with Crippen molar-refractivity contribution in [2.45, 2.75) is 6.92 Å². The average molecular weight is 310 g/mol. The van der Waals surface area contributed by atoms with Crippen LogP contribution in [0.3, 0.4) is 0 Å². The van der Waals surface area contributed by atoms with Crippen molar-refractivity contribution in [1.82, 2.24) is 9.97 Å². The second-order valence-electron chi connectivity index (χ2n) is 4.55. The summed E-state index contributed by atoms with van der Waals surface area (Å²) in [6, 6.07) is 12.0. The number of hydrogen-bond donors (Lipinski definition) is 0. The maximum absolute atomic E-state index is 11.6. The molecule has 0 bridgehead atoms. The number of rotatable bonds is 4. The van der Waals surface area contributed by atoms with Crippen molar-refractivity contribution in [2.24, 2.45) is 0 Å². The number of pyridine rings is 1. The van der Waals surface area contributed by atoms with Crippen LogP contribution in [-0.4, -0.2) is 22.5 Å². The number of hydrogen-bond acceptors (Lipinski definition) is 5. The molecular weight excluding hydrogens is 296 g/mol. The number of para-hydroxylation sites is 1. The smallest absolute Gasteiger partial charge is 0.357 e. The molecular formula is C17H14N2O2S. The van der Waals surface area contributed by atoms with Crippen LogP contribution in [0.1, 0.15) is 28.1 Å². The van der Waals surface area contributed by atoms with Crippen LogP contribution >= 0.6 is 11.3 Å². The van der Waals surface area contributed by atoms with E-state index < -0.39 is 0 Å². The topological polar surface area (TPSA) is 52.1 Å². The molecule has 2 aromatic heterocycles. The molecule has 0 saturated heterocycles. The maximum Gasteiger partial charge on any atom is 0.357 e. The number of aromatic nitrogens is 2. The van der Waals surface area contributed by atoms with Crippen molar-refractivity contribution in [3.8, 4) is 0 Å². The fourth-order valence-corrected chi connectivity index (χ4v) is 2.67. The third kappa shape index (κ3) is 3.20. The van der Waals surface area contributed by atoms with E-state index in [1.807, 2.05) is 48.6 Å². The molecule has 3 aromatic rings. The number of carbonyl (C=O) groups excluding carboxylic acids is 1. The van der Waals surface area contributed by atoms with E-state index in [0.717, 1.165) is 21.6 Å². The minimum atomic E-state index is -0.387. The molecule has 0 unspecified atom stereocenters. The Kier molecular flexibility index (Phi) is 4.25. The summed E-state index contributed by atoms with van der Waals surface area (Å²) >= 11 is 1.40. The summed E-state index contributed by atoms with van der Waals surface area (Å²) in [6.45, 7) is 2.12. The van der Waals surface area contributed by atoms with Crippen molar-refractivity contribution in [3.63, 3.8) is 0 Å². The summed E-state index contributed by atoms with van der Waals surface area (Å²) in [5, 5.41) is 3.56. The first-order valence-corrected chi connectivity index (χ1v) is 7.81. The van der Waals surface area contributed by atoms with E-state index in [4.69, 9.17) is 4.74 Å². The predicted octanol–water partition coefficient (Wildman–Crippen LogP) is 4.04. The number of ether oxygens (including phenoxy) is 1. The SMILES string of the molecule is CCOC(=O)c1csc(/C=C/c2ccc3ccccc3n2)n1. The lowest BCUT2D eigenvalue weighted by Gasteiger charge is -1.97. The van der Waals surface area contributed by atoms with Crippen molar-refractivity contribution >= 4 is 40.4 Å². The Morgan fingerprint density at radius 3 is 2.91 bits per heavy atom. The van der Waals surface area contributed by atoms with Gasteiger partial charge in [-0.25, -0.2) is 14.8 Å². The highest BCUT2D eigenvalue weighted by Crippen LogP contribution is 2.16. The summed E-state index contributed by atoms with van der Waals surface area (Å²) in [4.78, 5) is 20.4. The van der Waals surface area contributed by atoms with Crippen LogP contribution in [0.5, 0.6) is 0 Å². The van der Waals surface area contributed by atoms with Crippen molar-refractivity contribution in [2.75, 3.05) is 6.61 Å². The summed E-state index contributed by atoms with van der Waals surface area (Å²) < 4.78 is 4.92. The van der Waals surface area contributed by atoms with Gasteiger partial charge in [-0.05, 0) is 31.2 Å². The summed E-state index contributed by atoms with van der Waals surface area (Å²) in [5.41, 5.74) is 2.15. The number of nitrogens with zero attached hydrogens (tertiary/aromatic N) is 2. The Balaban J connectivity index is 1.79. The maximum atomic E-state index is 11.6. The molecule has 2 heterocycles. The van der Waals surface area contributed by atoms with E-state index >= 15 is 0 Å². The normalized spacial score (nSPS) is 11.1. The second-order valence-corrected chi connectivity index (χ2v) is 5.44. The molecule has 0 fully saturated rings. The van der Waals surface area contributed by atoms with Crippen LogP contribution in [0, 0.1) is 0 Å². The van der Waals surface area contributed by atoms with Crippen molar-refractivity contribution in [3.05, 3.63) is 58.2 Å². The molecule has 4 nitrogen and oxygen atoms in total. The molecule has 0 amide bonds. The Labute approximate surface area is 132 Å². The van der Waals surface area contributed by atoms with Crippen LogP contribution < -0.4 is 0 Å². The van der Waals surface area contributed by atoms with Crippen molar-refractivity contribution in [1.29, 1.82) is 0 Å². The molecule has 0 atom stereocenters. The van der Waals surface area contributed by atoms with Gasteiger partial charge >= 0.3 is 5.97 Å². The van der Waals surface area contributed by atoms with Gasteiger partial charge in [-0.3, -0.25) is 0 Å². The number of esters is 1. The summed E-state index contributed by atoms with van der Waals surface area (Å²) in [5.74, 6) is -0.387. The van der Waals surface area contributed by atoms with Gasteiger partial charge in [0.25, 0.3) is 0 Å². The lowest BCUT2D eigenvalue weighted by molar-refractivity contribution is 0.0520. The molecule has 1 aromatic carbocycles. The molecule has 110 valence electrons. The number of benzene rings is 1. The number of fused-ring (bicyclic) bond motifs is 1. The minimum Gasteiger partial charge on any atom is -0.461 e. The van der Waals surface area contributed by atoms with Crippen LogP contribution in [0.2, 0.25) is 0 Å². The molecule has 0 aliphatic rings. The standard InChI is InChI=1S/C17H14N2O2S/c1-2-21-17(20)15-11-22-16(19-15)10-9-13-8-7-12-5-3-4-6-14(12)18-13/h3-11H,2H2,1H3/b10-9+. The van der Waals surface area contributed by atoms with Gasteiger partial charge in [0.1, 0.15) is 5.01 Å². The highest BCUT2D eigenvalue weighted by Gasteiger charge is 2.09. The van der Waals surface area contributed by atoms with Gasteiger partial charge in [0, 0.05) is 10.8 Å². The van der Waals surface area contributed by atoms with Gasteiger partial charge in [-0.2, -0.15) is 0 Å². The minimum absolute atomic E-state index is 0.345. The van der Waals surface area contributed by atoms with Gasteiger partial charge in [-0.1, -0.05) is 24.3 Å². The zero-order chi connectivity index (χ0) is 15.4. The first-order chi connectivity index (χ1) is 10.8. The van der Waals surface area contributed by atoms with Crippen LogP contribution in [0.15, 0.2) is 41.8 Å². The summed E-state index contributed by atoms with van der Waals surface area (Å²) in [6.07, 6.45) is 3.74. The van der Waals surface area contributed by atoms with Crippen LogP contribution in [0.25, 0.3) is 23.1 Å². The van der Waals surface area contributed by atoms with Crippen molar-refractivity contribution < 1.29 is 9.53 Å². The lowest BCUT2D eigenvalue weighted by atomic mass is 10.2. The third-order valence-electron chi connectivity index (χ3n) is 3.02. The lowest BCUT2D eigenvalue weighted by Crippen LogP contribution is -2.04. The van der Waals surface area contributed by atoms with Gasteiger partial charge in [0.05, 0.1) is 17.8 Å². The highest BCUT2D eigenvalue weighted by molar-refractivity contribution is 7.10. The molecule has 3 rings (SSSR count). The van der Waals surface area contributed by atoms with Gasteiger partial charge < -0.3 is 4.74 Å². The Bertz CT molecular complexity index is 839. The molecule has 0 saturated carbocycles. The highest BCUT2D eigenvalue weighted by atomic mass is 32.1. The molecule has 0 aliphatic carbocycles. The van der Waals surface area contributed by atoms with Gasteiger partial charge in [0.15, 0.2) is 5.69 Å². The molecule has 0 radical (unpaired) electrons. The molecule has 22 heavy (non-hydrogen) atoms. The zero-order valence-corrected chi connectivity index (χ0v) is 12.8. The van der Waals surface area contributed by atoms with Gasteiger partial charge in [0.2, 0.25) is 0 Å². The number of carbonyl (C=O) groups is 1. The second kappa shape index (κ2) is 6.49. The Morgan fingerprint density at radius 1 is 1.18 bits per heavy atom. The van der Waals surface area contributed by atoms with E-state index in [1.165, 1.54) is 11.3 Å². The summed E-state index contributed by atoms with van der Waals surface area (Å²) in [7, 11) is 0. The van der Waals surface area contributed by atoms with E-state index in [0.29, 0.717) is 12.3 Å². The van der Waals surface area contributed by atoms with E-state index in [2.05, 4.69) is 9.97 Å². The zero-order valence-electron chi connectivity index (χ0n) is 12.0. The first-order valence-electron chi connectivity index (χ1n) is 6.93. The third-order valence-corrected chi connectivity index (χ3v) is 3.83. The first kappa shape index (κ1) is 14.4. The van der Waals surface area contributed by atoms with E-state index in [-0.39, 0.29) is 5.97 Å². The monoisotopic (exact) mass is 310 g/mol. The Hall–Kier alpha value is -2.53. The molecule has 0 spiro atoms. The predicted molar refractivity (Wildman–Crippen MR) is 88.7 cm³/mol. The quantitative estimate of drug-likeness (QED) is 0.682. The van der Waals surface area contributed by atoms with Crippen LogP contribution in [-0.2, 0) is 4.74 Å². The van der Waals surface area contributed by atoms with Gasteiger partial charge in [-0.15, -0.1) is 11.3 Å². The Morgan fingerprint density at radius 2 is 2.05 bits per heavy atom. The van der Waals surface area contributed by atoms with E-state index in [1.54, 1.807) is 12.3 Å². The fraction of sp³-hybridized carbons (Fsp3) is 0.118. The molecule has 0 aliphatic heterocycles. The molecule has 0 N–H and O–H groups in total. The molecule has 5 heteroatoms. The number of thiazole rings is 1. The fourth-order valence-electron chi connectivity index (χ4n) is 1.99.